The first kappa shape index (κ1) is 11.9. The molecule has 0 aromatic heterocycles. The first-order valence-electron chi connectivity index (χ1n) is 4.05. The molecular formula is C8H16N2O3. The van der Waals surface area contributed by atoms with E-state index in [4.69, 9.17) is 10.5 Å². The van der Waals surface area contributed by atoms with Crippen LogP contribution >= 0.6 is 0 Å². The van der Waals surface area contributed by atoms with E-state index < -0.39 is 11.7 Å². The molecule has 0 aliphatic heterocycles. The van der Waals surface area contributed by atoms with E-state index in [0.717, 1.165) is 4.90 Å². The highest BCUT2D eigenvalue weighted by Gasteiger charge is 2.20. The van der Waals surface area contributed by atoms with Crippen LogP contribution in [0.1, 0.15) is 20.8 Å². The van der Waals surface area contributed by atoms with Gasteiger partial charge in [-0.3, -0.25) is 4.79 Å². The zero-order valence-electron chi connectivity index (χ0n) is 8.24. The molecule has 2 amide bonds. The SMILES string of the molecule is CC(C)(C)OC(=O)N(C=O)CCN. The van der Waals surface area contributed by atoms with Gasteiger partial charge in [0.15, 0.2) is 0 Å². The molecule has 0 rings (SSSR count). The second-order valence-corrected chi connectivity index (χ2v) is 3.57. The van der Waals surface area contributed by atoms with Crippen LogP contribution in [0.3, 0.4) is 0 Å². The standard InChI is InChI=1S/C8H16N2O3/c1-8(2,3)13-7(12)10(6-11)5-4-9/h6H,4-5,9H2,1-3H3. The van der Waals surface area contributed by atoms with Gasteiger partial charge in [0.2, 0.25) is 6.41 Å². The number of nitrogens with two attached hydrogens (primary N) is 1. The number of nitrogens with zero attached hydrogens (tertiary/aromatic N) is 1. The summed E-state index contributed by atoms with van der Waals surface area (Å²) in [5.41, 5.74) is 4.61. The fraction of sp³-hybridized carbons (Fsp3) is 0.750. The van der Waals surface area contributed by atoms with Crippen LogP contribution in [0.25, 0.3) is 0 Å². The van der Waals surface area contributed by atoms with Gasteiger partial charge in [0, 0.05) is 13.1 Å². The third kappa shape index (κ3) is 5.19. The minimum atomic E-state index is -0.659. The lowest BCUT2D eigenvalue weighted by molar-refractivity contribution is -0.117. The maximum atomic E-state index is 11.2. The Morgan fingerprint density at radius 3 is 2.38 bits per heavy atom. The average molecular weight is 188 g/mol. The first-order valence-corrected chi connectivity index (χ1v) is 4.05. The number of rotatable bonds is 3. The van der Waals surface area contributed by atoms with E-state index in [-0.39, 0.29) is 13.1 Å². The van der Waals surface area contributed by atoms with Gasteiger partial charge in [0.25, 0.3) is 0 Å². The Morgan fingerprint density at radius 2 is 2.08 bits per heavy atom. The van der Waals surface area contributed by atoms with E-state index >= 15 is 0 Å². The van der Waals surface area contributed by atoms with Crippen molar-refractivity contribution in [3.8, 4) is 0 Å². The number of hydrogen-bond acceptors (Lipinski definition) is 4. The molecule has 0 aromatic rings. The van der Waals surface area contributed by atoms with Crippen LogP contribution in [-0.2, 0) is 9.53 Å². The van der Waals surface area contributed by atoms with Gasteiger partial charge in [-0.2, -0.15) is 0 Å². The van der Waals surface area contributed by atoms with Crippen molar-refractivity contribution in [1.29, 1.82) is 0 Å². The van der Waals surface area contributed by atoms with Crippen LogP contribution in [0.4, 0.5) is 4.79 Å². The normalized spacial score (nSPS) is 10.8. The summed E-state index contributed by atoms with van der Waals surface area (Å²) in [4.78, 5) is 22.5. The summed E-state index contributed by atoms with van der Waals surface area (Å²) in [5.74, 6) is 0. The molecule has 76 valence electrons. The number of imide groups is 1. The second-order valence-electron chi connectivity index (χ2n) is 3.57. The van der Waals surface area contributed by atoms with E-state index in [2.05, 4.69) is 0 Å². The van der Waals surface area contributed by atoms with Crippen molar-refractivity contribution in [3.05, 3.63) is 0 Å². The van der Waals surface area contributed by atoms with E-state index in [1.807, 2.05) is 0 Å². The summed E-state index contributed by atoms with van der Waals surface area (Å²) in [6, 6.07) is 0. The van der Waals surface area contributed by atoms with Gasteiger partial charge < -0.3 is 10.5 Å². The molecule has 0 aliphatic rings. The van der Waals surface area contributed by atoms with Crippen molar-refractivity contribution in [1.82, 2.24) is 4.90 Å². The molecule has 5 heteroatoms. The first-order chi connectivity index (χ1) is 5.90. The highest BCUT2D eigenvalue weighted by Crippen LogP contribution is 2.08. The molecule has 0 saturated heterocycles. The molecule has 0 unspecified atom stereocenters. The monoisotopic (exact) mass is 188 g/mol. The highest BCUT2D eigenvalue weighted by atomic mass is 16.6. The molecule has 0 radical (unpaired) electrons. The number of carbonyl (C=O) groups excluding carboxylic acids is 2. The van der Waals surface area contributed by atoms with Gasteiger partial charge in [-0.1, -0.05) is 0 Å². The Balaban J connectivity index is 4.14. The van der Waals surface area contributed by atoms with Crippen molar-refractivity contribution in [2.75, 3.05) is 13.1 Å². The third-order valence-corrected chi connectivity index (χ3v) is 1.13. The Labute approximate surface area is 77.8 Å². The molecular weight excluding hydrogens is 172 g/mol. The predicted molar refractivity (Wildman–Crippen MR) is 48.1 cm³/mol. The molecule has 0 aliphatic carbocycles. The highest BCUT2D eigenvalue weighted by molar-refractivity contribution is 5.80. The van der Waals surface area contributed by atoms with E-state index in [1.54, 1.807) is 20.8 Å². The van der Waals surface area contributed by atoms with E-state index in [1.165, 1.54) is 0 Å². The summed E-state index contributed by atoms with van der Waals surface area (Å²) in [6.07, 6.45) is -0.242. The van der Waals surface area contributed by atoms with Gasteiger partial charge in [0.05, 0.1) is 0 Å². The van der Waals surface area contributed by atoms with Crippen molar-refractivity contribution in [2.45, 2.75) is 26.4 Å². The maximum absolute atomic E-state index is 11.2. The van der Waals surface area contributed by atoms with Crippen LogP contribution in [0.15, 0.2) is 0 Å². The summed E-state index contributed by atoms with van der Waals surface area (Å²) in [6.45, 7) is 5.61. The largest absolute Gasteiger partial charge is 0.443 e. The van der Waals surface area contributed by atoms with Crippen molar-refractivity contribution in [2.24, 2.45) is 5.73 Å². The van der Waals surface area contributed by atoms with Gasteiger partial charge in [0.1, 0.15) is 5.60 Å². The van der Waals surface area contributed by atoms with Crippen molar-refractivity contribution in [3.63, 3.8) is 0 Å². The molecule has 0 atom stereocenters. The fourth-order valence-electron chi connectivity index (χ4n) is 0.647. The van der Waals surface area contributed by atoms with E-state index in [0.29, 0.717) is 6.41 Å². The molecule has 13 heavy (non-hydrogen) atoms. The minimum Gasteiger partial charge on any atom is -0.443 e. The van der Waals surface area contributed by atoms with Crippen LogP contribution < -0.4 is 5.73 Å². The number of hydrogen-bond donors (Lipinski definition) is 1. The Morgan fingerprint density at radius 1 is 1.54 bits per heavy atom. The van der Waals surface area contributed by atoms with Crippen LogP contribution in [0.2, 0.25) is 0 Å². The van der Waals surface area contributed by atoms with Crippen LogP contribution in [-0.4, -0.2) is 36.1 Å². The van der Waals surface area contributed by atoms with Gasteiger partial charge in [-0.15, -0.1) is 0 Å². The Kier molecular flexibility index (Phi) is 4.40. The Hall–Kier alpha value is -1.10. The lowest BCUT2D eigenvalue weighted by Gasteiger charge is -2.23. The smallest absolute Gasteiger partial charge is 0.416 e. The van der Waals surface area contributed by atoms with Gasteiger partial charge in [-0.05, 0) is 20.8 Å². The van der Waals surface area contributed by atoms with Crippen LogP contribution in [0.5, 0.6) is 0 Å². The summed E-state index contributed by atoms with van der Waals surface area (Å²) < 4.78 is 4.94. The van der Waals surface area contributed by atoms with Gasteiger partial charge in [-0.25, -0.2) is 9.69 Å². The maximum Gasteiger partial charge on any atom is 0.416 e. The van der Waals surface area contributed by atoms with Crippen LogP contribution in [0, 0.1) is 0 Å². The molecule has 0 bridgehead atoms. The molecule has 5 nitrogen and oxygen atoms in total. The quantitative estimate of drug-likeness (QED) is 0.648. The minimum absolute atomic E-state index is 0.179. The third-order valence-electron chi connectivity index (χ3n) is 1.13. The lowest BCUT2D eigenvalue weighted by Crippen LogP contribution is -2.38. The lowest BCUT2D eigenvalue weighted by atomic mass is 10.2. The average Bonchev–Trinajstić information content (AvgIpc) is 1.96. The molecule has 0 spiro atoms. The van der Waals surface area contributed by atoms with Crippen molar-refractivity contribution >= 4 is 12.5 Å². The van der Waals surface area contributed by atoms with Crippen molar-refractivity contribution < 1.29 is 14.3 Å². The molecule has 0 heterocycles. The fourth-order valence-corrected chi connectivity index (χ4v) is 0.647. The molecule has 2 N–H and O–H groups in total. The number of ether oxygens (including phenoxy) is 1. The zero-order chi connectivity index (χ0) is 10.5. The Bertz CT molecular complexity index is 186. The van der Waals surface area contributed by atoms with Gasteiger partial charge >= 0.3 is 6.09 Å². The topological polar surface area (TPSA) is 72.6 Å². The summed E-state index contributed by atoms with van der Waals surface area (Å²) in [5, 5.41) is 0. The second kappa shape index (κ2) is 4.81. The van der Waals surface area contributed by atoms with E-state index in [9.17, 15) is 9.59 Å². The molecule has 0 aromatic carbocycles. The predicted octanol–water partition coefficient (Wildman–Crippen LogP) is 0.339. The number of amides is 2. The molecule has 0 saturated carbocycles. The number of carbonyl (C=O) groups is 2. The molecule has 0 fully saturated rings. The zero-order valence-corrected chi connectivity index (χ0v) is 8.24. The summed E-state index contributed by atoms with van der Waals surface area (Å²) in [7, 11) is 0. The summed E-state index contributed by atoms with van der Waals surface area (Å²) >= 11 is 0.